The first-order chi connectivity index (χ1) is 14.3. The largest absolute Gasteiger partial charge is 0.422 e. The van der Waals surface area contributed by atoms with Crippen molar-refractivity contribution in [3.8, 4) is 5.75 Å². The van der Waals surface area contributed by atoms with Gasteiger partial charge in [0, 0.05) is 10.0 Å². The molecule has 0 fully saturated rings. The van der Waals surface area contributed by atoms with Crippen LogP contribution in [0.5, 0.6) is 5.75 Å². The summed E-state index contributed by atoms with van der Waals surface area (Å²) in [6.45, 7) is 1.86. The molecule has 0 aromatic heterocycles. The molecule has 3 aromatic rings. The molecule has 0 aliphatic carbocycles. The summed E-state index contributed by atoms with van der Waals surface area (Å²) in [5.41, 5.74) is 1.54. The summed E-state index contributed by atoms with van der Waals surface area (Å²) in [5.74, 6) is -0.445. The van der Waals surface area contributed by atoms with Gasteiger partial charge >= 0.3 is 5.97 Å². The Labute approximate surface area is 187 Å². The Morgan fingerprint density at radius 1 is 1.10 bits per heavy atom. The van der Waals surface area contributed by atoms with E-state index in [1.54, 1.807) is 54.6 Å². The topological polar surface area (TPSA) is 84.8 Å². The Balaban J connectivity index is 1.81. The van der Waals surface area contributed by atoms with E-state index in [1.807, 2.05) is 6.92 Å². The average molecular weight is 508 g/mol. The molecule has 0 unspecified atom stereocenters. The monoisotopic (exact) mass is 506 g/mol. The predicted octanol–water partition coefficient (Wildman–Crippen LogP) is 4.94. The number of nitrogens with zero attached hydrogens (tertiary/aromatic N) is 1. The van der Waals surface area contributed by atoms with Crippen molar-refractivity contribution in [2.24, 2.45) is 5.10 Å². The maximum absolute atomic E-state index is 12.4. The number of nitrogens with one attached hydrogen (secondary N) is 1. The van der Waals surface area contributed by atoms with Crippen molar-refractivity contribution < 1.29 is 17.9 Å². The van der Waals surface area contributed by atoms with Gasteiger partial charge in [-0.3, -0.25) is 0 Å². The van der Waals surface area contributed by atoms with E-state index in [0.29, 0.717) is 10.0 Å². The van der Waals surface area contributed by atoms with Crippen LogP contribution in [0.3, 0.4) is 0 Å². The Kier molecular flexibility index (Phi) is 6.91. The number of sulfonamides is 1. The smallest absolute Gasteiger partial charge is 0.345 e. The first kappa shape index (κ1) is 22.0. The van der Waals surface area contributed by atoms with Crippen LogP contribution in [0.1, 0.15) is 21.5 Å². The number of carbonyl (C=O) groups is 1. The van der Waals surface area contributed by atoms with E-state index in [2.05, 4.69) is 25.9 Å². The Hall–Kier alpha value is -2.68. The molecule has 30 heavy (non-hydrogen) atoms. The predicted molar refractivity (Wildman–Crippen MR) is 120 cm³/mol. The lowest BCUT2D eigenvalue weighted by Gasteiger charge is -2.09. The number of benzene rings is 3. The lowest BCUT2D eigenvalue weighted by molar-refractivity contribution is 0.0734. The van der Waals surface area contributed by atoms with E-state index in [1.165, 1.54) is 18.3 Å². The third kappa shape index (κ3) is 5.47. The Morgan fingerprint density at radius 2 is 1.80 bits per heavy atom. The molecule has 3 rings (SSSR count). The molecule has 0 atom stereocenters. The number of hydrazone groups is 1. The van der Waals surface area contributed by atoms with Crippen molar-refractivity contribution in [2.45, 2.75) is 11.8 Å². The van der Waals surface area contributed by atoms with Crippen LogP contribution in [0.25, 0.3) is 0 Å². The molecule has 154 valence electrons. The minimum absolute atomic E-state index is 0.0878. The van der Waals surface area contributed by atoms with Crippen molar-refractivity contribution in [2.75, 3.05) is 0 Å². The fourth-order valence-corrected chi connectivity index (χ4v) is 3.81. The number of rotatable bonds is 6. The third-order valence-electron chi connectivity index (χ3n) is 3.98. The summed E-state index contributed by atoms with van der Waals surface area (Å²) in [5, 5.41) is 4.07. The van der Waals surface area contributed by atoms with Crippen LogP contribution in [0, 0.1) is 6.92 Å². The van der Waals surface area contributed by atoms with E-state index in [9.17, 15) is 13.2 Å². The van der Waals surface area contributed by atoms with Gasteiger partial charge in [0.15, 0.2) is 0 Å². The van der Waals surface area contributed by atoms with E-state index in [0.717, 1.165) is 5.56 Å². The van der Waals surface area contributed by atoms with Crippen LogP contribution in [0.4, 0.5) is 0 Å². The van der Waals surface area contributed by atoms with E-state index in [4.69, 9.17) is 16.3 Å². The minimum Gasteiger partial charge on any atom is -0.422 e. The number of aryl methyl sites for hydroxylation is 1. The van der Waals surface area contributed by atoms with Gasteiger partial charge in [0.05, 0.1) is 21.7 Å². The van der Waals surface area contributed by atoms with Crippen molar-refractivity contribution in [1.29, 1.82) is 0 Å². The molecular formula is C21H16BrClN2O4S. The fraction of sp³-hybridized carbons (Fsp3) is 0.0476. The van der Waals surface area contributed by atoms with Crippen LogP contribution in [0.2, 0.25) is 5.02 Å². The number of hydrogen-bond acceptors (Lipinski definition) is 5. The van der Waals surface area contributed by atoms with E-state index < -0.39 is 16.0 Å². The summed E-state index contributed by atoms with van der Waals surface area (Å²) in [4.78, 5) is 14.7. The SMILES string of the molecule is Cc1ccc(S(=O)(=O)N/N=C/c2cc(Br)ccc2OC(=O)c2ccccc2Cl)cc1. The molecule has 0 saturated carbocycles. The average Bonchev–Trinajstić information content (AvgIpc) is 2.70. The first-order valence-electron chi connectivity index (χ1n) is 8.64. The molecule has 0 aliphatic rings. The number of halogens is 2. The molecule has 0 bridgehead atoms. The molecular weight excluding hydrogens is 492 g/mol. The molecule has 1 N–H and O–H groups in total. The normalized spacial score (nSPS) is 11.4. The Bertz CT molecular complexity index is 1210. The highest BCUT2D eigenvalue weighted by molar-refractivity contribution is 9.10. The molecule has 0 amide bonds. The van der Waals surface area contributed by atoms with Gasteiger partial charge in [-0.25, -0.2) is 9.63 Å². The summed E-state index contributed by atoms with van der Waals surface area (Å²) < 4.78 is 30.8. The zero-order valence-corrected chi connectivity index (χ0v) is 18.8. The van der Waals surface area contributed by atoms with Crippen LogP contribution >= 0.6 is 27.5 Å². The van der Waals surface area contributed by atoms with Gasteiger partial charge in [-0.1, -0.05) is 57.4 Å². The maximum Gasteiger partial charge on any atom is 0.345 e. The zero-order valence-electron chi connectivity index (χ0n) is 15.7. The summed E-state index contributed by atoms with van der Waals surface area (Å²) in [7, 11) is -3.83. The highest BCUT2D eigenvalue weighted by Crippen LogP contribution is 2.24. The number of hydrogen-bond donors (Lipinski definition) is 1. The first-order valence-corrected chi connectivity index (χ1v) is 11.3. The van der Waals surface area contributed by atoms with Gasteiger partial charge in [-0.05, 0) is 49.4 Å². The van der Waals surface area contributed by atoms with E-state index in [-0.39, 0.29) is 21.2 Å². The van der Waals surface area contributed by atoms with Crippen molar-refractivity contribution >= 4 is 49.7 Å². The Morgan fingerprint density at radius 3 is 2.50 bits per heavy atom. The lowest BCUT2D eigenvalue weighted by Crippen LogP contribution is -2.18. The van der Waals surface area contributed by atoms with Crippen LogP contribution in [-0.4, -0.2) is 20.6 Å². The standard InChI is InChI=1S/C21H16BrClN2O4S/c1-14-6-9-17(10-7-14)30(27,28)25-24-13-15-12-16(22)8-11-20(15)29-21(26)18-4-2-3-5-19(18)23/h2-13,25H,1H3/b24-13+. The maximum atomic E-state index is 12.4. The van der Waals surface area contributed by atoms with Gasteiger partial charge in [0.2, 0.25) is 0 Å². The zero-order chi connectivity index (χ0) is 21.7. The molecule has 0 aliphatic heterocycles. The molecule has 3 aromatic carbocycles. The fourth-order valence-electron chi connectivity index (χ4n) is 2.43. The second-order valence-corrected chi connectivity index (χ2v) is 9.20. The summed E-state index contributed by atoms with van der Waals surface area (Å²) in [6.07, 6.45) is 1.26. The molecule has 0 spiro atoms. The highest BCUT2D eigenvalue weighted by Gasteiger charge is 2.15. The molecule has 0 heterocycles. The number of esters is 1. The lowest BCUT2D eigenvalue weighted by atomic mass is 10.2. The van der Waals surface area contributed by atoms with Crippen molar-refractivity contribution in [3.63, 3.8) is 0 Å². The number of ether oxygens (including phenoxy) is 1. The van der Waals surface area contributed by atoms with E-state index >= 15 is 0 Å². The van der Waals surface area contributed by atoms with Crippen LogP contribution in [0.15, 0.2) is 81.2 Å². The van der Waals surface area contributed by atoms with Gasteiger partial charge in [-0.15, -0.1) is 0 Å². The second kappa shape index (κ2) is 9.42. The van der Waals surface area contributed by atoms with Crippen molar-refractivity contribution in [1.82, 2.24) is 4.83 Å². The molecule has 0 radical (unpaired) electrons. The second-order valence-electron chi connectivity index (χ2n) is 6.22. The number of carbonyl (C=O) groups excluding carboxylic acids is 1. The molecule has 9 heteroatoms. The van der Waals surface area contributed by atoms with Crippen LogP contribution in [-0.2, 0) is 10.0 Å². The highest BCUT2D eigenvalue weighted by atomic mass is 79.9. The minimum atomic E-state index is -3.83. The van der Waals surface area contributed by atoms with Crippen molar-refractivity contribution in [3.05, 3.63) is 92.9 Å². The van der Waals surface area contributed by atoms with Crippen LogP contribution < -0.4 is 9.57 Å². The van der Waals surface area contributed by atoms with Gasteiger partial charge in [-0.2, -0.15) is 13.5 Å². The third-order valence-corrected chi connectivity index (χ3v) is 6.04. The van der Waals surface area contributed by atoms with Gasteiger partial charge in [0.25, 0.3) is 10.0 Å². The van der Waals surface area contributed by atoms with Gasteiger partial charge < -0.3 is 4.74 Å². The summed E-state index contributed by atoms with van der Waals surface area (Å²) in [6, 6.07) is 17.8. The quantitative estimate of drug-likeness (QED) is 0.222. The molecule has 0 saturated heterocycles. The van der Waals surface area contributed by atoms with Gasteiger partial charge in [0.1, 0.15) is 5.75 Å². The summed E-state index contributed by atoms with van der Waals surface area (Å²) >= 11 is 9.37. The molecule has 6 nitrogen and oxygen atoms in total.